The first-order valence-corrected chi connectivity index (χ1v) is 8.12. The zero-order valence-corrected chi connectivity index (χ0v) is 15.2. The molecule has 0 heterocycles. The monoisotopic (exact) mass is 474 g/mol. The van der Waals surface area contributed by atoms with Crippen LogP contribution in [0.1, 0.15) is 15.9 Å². The fraction of sp³-hybridized carbons (Fsp3) is 0. The van der Waals surface area contributed by atoms with Gasteiger partial charge in [0.1, 0.15) is 5.75 Å². The molecule has 1 amide bonds. The molecule has 0 fully saturated rings. The average Bonchev–Trinajstić information content (AvgIpc) is 2.44. The second-order valence-corrected chi connectivity index (χ2v) is 6.67. The molecule has 108 valence electrons. The molecule has 21 heavy (non-hydrogen) atoms. The standard InChI is InChI=1S/C14H9Br3N2O2/c15-10-3-1-2-9(6-10)14(21)19-18-7-8-4-11(16)13(20)12(17)5-8/h1-7,20H,(H,19,21)/b18-7-. The summed E-state index contributed by atoms with van der Waals surface area (Å²) in [6.45, 7) is 0. The van der Waals surface area contributed by atoms with Gasteiger partial charge in [0.15, 0.2) is 0 Å². The molecule has 0 bridgehead atoms. The molecule has 2 aromatic carbocycles. The fourth-order valence-electron chi connectivity index (χ4n) is 1.52. The highest BCUT2D eigenvalue weighted by atomic mass is 79.9. The quantitative estimate of drug-likeness (QED) is 0.508. The summed E-state index contributed by atoms with van der Waals surface area (Å²) < 4.78 is 1.90. The normalized spacial score (nSPS) is 10.8. The molecule has 0 aliphatic heterocycles. The largest absolute Gasteiger partial charge is 0.506 e. The number of hydrazone groups is 1. The van der Waals surface area contributed by atoms with Gasteiger partial charge in [-0.3, -0.25) is 4.79 Å². The first kappa shape index (κ1) is 16.2. The van der Waals surface area contributed by atoms with E-state index in [0.29, 0.717) is 14.5 Å². The minimum absolute atomic E-state index is 0.116. The topological polar surface area (TPSA) is 61.7 Å². The Morgan fingerprint density at radius 2 is 1.81 bits per heavy atom. The summed E-state index contributed by atoms with van der Waals surface area (Å²) in [6.07, 6.45) is 1.49. The smallest absolute Gasteiger partial charge is 0.271 e. The molecule has 7 heteroatoms. The number of hydrogen-bond acceptors (Lipinski definition) is 3. The van der Waals surface area contributed by atoms with Crippen LogP contribution in [0.25, 0.3) is 0 Å². The Kier molecular flexibility index (Phi) is 5.55. The maximum Gasteiger partial charge on any atom is 0.271 e. The molecule has 0 saturated carbocycles. The number of carbonyl (C=O) groups excluding carboxylic acids is 1. The molecule has 0 atom stereocenters. The molecule has 2 N–H and O–H groups in total. The molecule has 4 nitrogen and oxygen atoms in total. The van der Waals surface area contributed by atoms with Gasteiger partial charge < -0.3 is 5.11 Å². The second-order valence-electron chi connectivity index (χ2n) is 4.04. The van der Waals surface area contributed by atoms with E-state index in [1.807, 2.05) is 6.07 Å². The van der Waals surface area contributed by atoms with Crippen LogP contribution in [-0.2, 0) is 0 Å². The van der Waals surface area contributed by atoms with Gasteiger partial charge >= 0.3 is 0 Å². The van der Waals surface area contributed by atoms with Gasteiger partial charge in [0, 0.05) is 10.0 Å². The summed E-state index contributed by atoms with van der Waals surface area (Å²) in [5.41, 5.74) is 3.68. The van der Waals surface area contributed by atoms with Gasteiger partial charge in [0.25, 0.3) is 5.91 Å². The maximum absolute atomic E-state index is 11.9. The highest BCUT2D eigenvalue weighted by Crippen LogP contribution is 2.32. The number of phenolic OH excluding ortho intramolecular Hbond substituents is 1. The van der Waals surface area contributed by atoms with Crippen LogP contribution in [0.4, 0.5) is 0 Å². The predicted molar refractivity (Wildman–Crippen MR) is 92.7 cm³/mol. The molecular weight excluding hydrogens is 468 g/mol. The number of benzene rings is 2. The third kappa shape index (κ3) is 4.39. The summed E-state index contributed by atoms with van der Waals surface area (Å²) >= 11 is 9.76. The van der Waals surface area contributed by atoms with Gasteiger partial charge in [0.2, 0.25) is 0 Å². The lowest BCUT2D eigenvalue weighted by Crippen LogP contribution is -2.17. The third-order valence-electron chi connectivity index (χ3n) is 2.51. The molecule has 0 unspecified atom stereocenters. The summed E-state index contributed by atoms with van der Waals surface area (Å²) in [5, 5.41) is 13.5. The van der Waals surface area contributed by atoms with Crippen LogP contribution in [0.3, 0.4) is 0 Å². The molecule has 0 aliphatic rings. The lowest BCUT2D eigenvalue weighted by Gasteiger charge is -2.02. The van der Waals surface area contributed by atoms with Crippen molar-refractivity contribution in [3.63, 3.8) is 0 Å². The van der Waals surface area contributed by atoms with Crippen molar-refractivity contribution in [1.82, 2.24) is 5.43 Å². The van der Waals surface area contributed by atoms with Crippen molar-refractivity contribution >= 4 is 59.9 Å². The number of rotatable bonds is 3. The lowest BCUT2D eigenvalue weighted by molar-refractivity contribution is 0.0955. The number of aromatic hydroxyl groups is 1. The van der Waals surface area contributed by atoms with Crippen molar-refractivity contribution in [2.75, 3.05) is 0 Å². The lowest BCUT2D eigenvalue weighted by atomic mass is 10.2. The van der Waals surface area contributed by atoms with E-state index in [-0.39, 0.29) is 11.7 Å². The highest BCUT2D eigenvalue weighted by molar-refractivity contribution is 9.11. The van der Waals surface area contributed by atoms with Crippen LogP contribution in [0.2, 0.25) is 0 Å². The minimum Gasteiger partial charge on any atom is -0.506 e. The third-order valence-corrected chi connectivity index (χ3v) is 4.21. The van der Waals surface area contributed by atoms with Crippen LogP contribution in [0.5, 0.6) is 5.75 Å². The Labute approximate surface area is 146 Å². The van der Waals surface area contributed by atoms with E-state index in [1.54, 1.807) is 30.3 Å². The Bertz CT molecular complexity index is 694. The van der Waals surface area contributed by atoms with Crippen molar-refractivity contribution in [2.24, 2.45) is 5.10 Å². The van der Waals surface area contributed by atoms with Crippen LogP contribution >= 0.6 is 47.8 Å². The van der Waals surface area contributed by atoms with Crippen LogP contribution < -0.4 is 5.43 Å². The van der Waals surface area contributed by atoms with Gasteiger partial charge in [-0.1, -0.05) is 22.0 Å². The van der Waals surface area contributed by atoms with E-state index in [9.17, 15) is 9.90 Å². The van der Waals surface area contributed by atoms with Crippen molar-refractivity contribution in [3.8, 4) is 5.75 Å². The summed E-state index contributed by atoms with van der Waals surface area (Å²) in [6, 6.07) is 10.4. The number of phenols is 1. The van der Waals surface area contributed by atoms with Gasteiger partial charge in [-0.15, -0.1) is 0 Å². The zero-order chi connectivity index (χ0) is 15.4. The average molecular weight is 477 g/mol. The van der Waals surface area contributed by atoms with Gasteiger partial charge in [-0.25, -0.2) is 5.43 Å². The molecule has 0 aliphatic carbocycles. The van der Waals surface area contributed by atoms with E-state index in [2.05, 4.69) is 58.3 Å². The number of amides is 1. The summed E-state index contributed by atoms with van der Waals surface area (Å²) in [7, 11) is 0. The molecule has 2 aromatic rings. The minimum atomic E-state index is -0.301. The van der Waals surface area contributed by atoms with Gasteiger partial charge in [-0.2, -0.15) is 5.10 Å². The Hall–Kier alpha value is -1.18. The fourth-order valence-corrected chi connectivity index (χ4v) is 3.14. The highest BCUT2D eigenvalue weighted by Gasteiger charge is 2.06. The van der Waals surface area contributed by atoms with Crippen molar-refractivity contribution < 1.29 is 9.90 Å². The van der Waals surface area contributed by atoms with E-state index >= 15 is 0 Å². The number of nitrogens with zero attached hydrogens (tertiary/aromatic N) is 1. The summed E-state index contributed by atoms with van der Waals surface area (Å²) in [4.78, 5) is 11.9. The zero-order valence-electron chi connectivity index (χ0n) is 10.5. The predicted octanol–water partition coefficient (Wildman–Crippen LogP) is 4.44. The van der Waals surface area contributed by atoms with Gasteiger partial charge in [0.05, 0.1) is 15.2 Å². The van der Waals surface area contributed by atoms with E-state index < -0.39 is 0 Å². The van der Waals surface area contributed by atoms with E-state index in [0.717, 1.165) is 10.0 Å². The molecule has 0 saturated heterocycles. The van der Waals surface area contributed by atoms with Crippen LogP contribution in [-0.4, -0.2) is 17.2 Å². The Balaban J connectivity index is 2.07. The van der Waals surface area contributed by atoms with Crippen LogP contribution in [0.15, 0.2) is 54.9 Å². The van der Waals surface area contributed by atoms with Gasteiger partial charge in [-0.05, 0) is 67.8 Å². The number of halogens is 3. The number of nitrogens with one attached hydrogen (secondary N) is 1. The summed E-state index contributed by atoms with van der Waals surface area (Å²) in [5.74, 6) is -0.185. The van der Waals surface area contributed by atoms with Crippen LogP contribution in [0, 0.1) is 0 Å². The number of hydrogen-bond donors (Lipinski definition) is 2. The number of carbonyl (C=O) groups is 1. The molecule has 0 aromatic heterocycles. The maximum atomic E-state index is 11.9. The Morgan fingerprint density at radius 1 is 1.14 bits per heavy atom. The van der Waals surface area contributed by atoms with Crippen molar-refractivity contribution in [1.29, 1.82) is 0 Å². The second kappa shape index (κ2) is 7.20. The molecule has 0 radical (unpaired) electrons. The van der Waals surface area contributed by atoms with Crippen molar-refractivity contribution in [3.05, 3.63) is 60.9 Å². The molecular formula is C14H9Br3N2O2. The first-order chi connectivity index (χ1) is 9.97. The van der Waals surface area contributed by atoms with E-state index in [4.69, 9.17) is 0 Å². The molecule has 2 rings (SSSR count). The van der Waals surface area contributed by atoms with Crippen molar-refractivity contribution in [2.45, 2.75) is 0 Å². The molecule has 0 spiro atoms. The first-order valence-electron chi connectivity index (χ1n) is 5.74. The van der Waals surface area contributed by atoms with E-state index in [1.165, 1.54) is 6.21 Å². The Morgan fingerprint density at radius 3 is 2.43 bits per heavy atom. The SMILES string of the molecule is O=C(N/N=C\c1cc(Br)c(O)c(Br)c1)c1cccc(Br)c1.